The smallest absolute Gasteiger partial charge is 0.143 e. The maximum atomic E-state index is 5.85. The predicted octanol–water partition coefficient (Wildman–Crippen LogP) is 3.41. The fourth-order valence-electron chi connectivity index (χ4n) is 2.25. The van der Waals surface area contributed by atoms with Crippen LogP contribution >= 0.6 is 15.9 Å². The van der Waals surface area contributed by atoms with E-state index in [0.717, 1.165) is 15.9 Å². The molecule has 4 heteroatoms. The average Bonchev–Trinajstić information content (AvgIpc) is 2.40. The van der Waals surface area contributed by atoms with E-state index in [-0.39, 0.29) is 6.04 Å². The molecule has 92 valence electrons. The van der Waals surface area contributed by atoms with Gasteiger partial charge in [-0.25, -0.2) is 0 Å². The Kier molecular flexibility index (Phi) is 2.96. The quantitative estimate of drug-likeness (QED) is 0.807. The first-order chi connectivity index (χ1) is 8.75. The number of hydrogen-bond donors (Lipinski definition) is 0. The number of anilines is 1. The largest absolute Gasteiger partial charge is 0.489 e. The Bertz CT molecular complexity index is 559. The molecule has 1 aliphatic heterocycles. The van der Waals surface area contributed by atoms with Crippen molar-refractivity contribution in [2.45, 2.75) is 6.04 Å². The standard InChI is InChI=1S/C14H13BrN2O/c1-17-12-3-2-11(15)8-14(12)18-9-13(17)10-4-6-16-7-5-10/h2-8,13H,9H2,1H3. The van der Waals surface area contributed by atoms with Crippen molar-refractivity contribution in [2.75, 3.05) is 18.6 Å². The van der Waals surface area contributed by atoms with Crippen molar-refractivity contribution in [3.05, 3.63) is 52.8 Å². The molecule has 0 amide bonds. The molecule has 0 radical (unpaired) electrons. The molecule has 0 saturated carbocycles. The molecule has 1 aromatic heterocycles. The Balaban J connectivity index is 1.97. The van der Waals surface area contributed by atoms with E-state index in [1.165, 1.54) is 5.56 Å². The van der Waals surface area contributed by atoms with E-state index in [4.69, 9.17) is 4.74 Å². The Labute approximate surface area is 115 Å². The maximum absolute atomic E-state index is 5.85. The molecule has 0 bridgehead atoms. The van der Waals surface area contributed by atoms with Crippen molar-refractivity contribution in [3.63, 3.8) is 0 Å². The molecule has 2 heterocycles. The lowest BCUT2D eigenvalue weighted by Gasteiger charge is -2.36. The van der Waals surface area contributed by atoms with Crippen molar-refractivity contribution in [1.29, 1.82) is 0 Å². The van der Waals surface area contributed by atoms with Crippen LogP contribution in [0, 0.1) is 0 Å². The van der Waals surface area contributed by atoms with Gasteiger partial charge in [0.2, 0.25) is 0 Å². The van der Waals surface area contributed by atoms with Crippen molar-refractivity contribution >= 4 is 21.6 Å². The second-order valence-corrected chi connectivity index (χ2v) is 5.25. The molecule has 1 aromatic carbocycles. The third-order valence-corrected chi connectivity index (χ3v) is 3.75. The molecule has 3 nitrogen and oxygen atoms in total. The minimum Gasteiger partial charge on any atom is -0.489 e. The van der Waals surface area contributed by atoms with Gasteiger partial charge in [-0.3, -0.25) is 4.98 Å². The highest BCUT2D eigenvalue weighted by molar-refractivity contribution is 9.10. The fraction of sp³-hybridized carbons (Fsp3) is 0.214. The highest BCUT2D eigenvalue weighted by Gasteiger charge is 2.25. The van der Waals surface area contributed by atoms with Crippen LogP contribution < -0.4 is 9.64 Å². The van der Waals surface area contributed by atoms with Crippen molar-refractivity contribution in [1.82, 2.24) is 4.98 Å². The second-order valence-electron chi connectivity index (χ2n) is 4.33. The number of hydrogen-bond acceptors (Lipinski definition) is 3. The van der Waals surface area contributed by atoms with Crippen LogP contribution in [0.3, 0.4) is 0 Å². The van der Waals surface area contributed by atoms with Crippen molar-refractivity contribution in [3.8, 4) is 5.75 Å². The number of likely N-dealkylation sites (N-methyl/N-ethyl adjacent to an activating group) is 1. The zero-order chi connectivity index (χ0) is 12.5. The molecule has 0 fully saturated rings. The third-order valence-electron chi connectivity index (χ3n) is 3.26. The molecule has 3 rings (SSSR count). The number of rotatable bonds is 1. The normalized spacial score (nSPS) is 18.1. The number of benzene rings is 1. The predicted molar refractivity (Wildman–Crippen MR) is 75.0 cm³/mol. The molecule has 0 aliphatic carbocycles. The van der Waals surface area contributed by atoms with Gasteiger partial charge in [0.15, 0.2) is 0 Å². The van der Waals surface area contributed by atoms with Gasteiger partial charge in [0.1, 0.15) is 12.4 Å². The number of ether oxygens (including phenoxy) is 1. The Morgan fingerprint density at radius 1 is 1.28 bits per heavy atom. The van der Waals surface area contributed by atoms with E-state index in [2.05, 4.69) is 38.9 Å². The minimum atomic E-state index is 0.238. The maximum Gasteiger partial charge on any atom is 0.143 e. The Morgan fingerprint density at radius 3 is 2.83 bits per heavy atom. The summed E-state index contributed by atoms with van der Waals surface area (Å²) < 4.78 is 6.89. The van der Waals surface area contributed by atoms with E-state index < -0.39 is 0 Å². The van der Waals surface area contributed by atoms with Gasteiger partial charge in [-0.05, 0) is 35.9 Å². The molecule has 1 unspecified atom stereocenters. The van der Waals surface area contributed by atoms with E-state index >= 15 is 0 Å². The van der Waals surface area contributed by atoms with Gasteiger partial charge in [0.05, 0.1) is 11.7 Å². The van der Waals surface area contributed by atoms with Crippen LogP contribution in [0.1, 0.15) is 11.6 Å². The monoisotopic (exact) mass is 304 g/mol. The van der Waals surface area contributed by atoms with Crippen molar-refractivity contribution < 1.29 is 4.74 Å². The van der Waals surface area contributed by atoms with Crippen molar-refractivity contribution in [2.24, 2.45) is 0 Å². The number of nitrogens with zero attached hydrogens (tertiary/aromatic N) is 2. The summed E-state index contributed by atoms with van der Waals surface area (Å²) in [6.07, 6.45) is 3.64. The zero-order valence-electron chi connectivity index (χ0n) is 10.0. The van der Waals surface area contributed by atoms with Gasteiger partial charge >= 0.3 is 0 Å². The molecule has 2 aromatic rings. The average molecular weight is 305 g/mol. The van der Waals surface area contributed by atoms with E-state index in [0.29, 0.717) is 6.61 Å². The van der Waals surface area contributed by atoms with E-state index in [1.807, 2.05) is 36.7 Å². The highest BCUT2D eigenvalue weighted by atomic mass is 79.9. The fourth-order valence-corrected chi connectivity index (χ4v) is 2.59. The minimum absolute atomic E-state index is 0.238. The first kappa shape index (κ1) is 11.5. The van der Waals surface area contributed by atoms with Crippen LogP contribution in [0.2, 0.25) is 0 Å². The third kappa shape index (κ3) is 1.97. The number of aromatic nitrogens is 1. The molecule has 0 N–H and O–H groups in total. The van der Waals surface area contributed by atoms with Crippen LogP contribution in [-0.2, 0) is 0 Å². The Morgan fingerprint density at radius 2 is 2.06 bits per heavy atom. The van der Waals surface area contributed by atoms with Gasteiger partial charge in [0.25, 0.3) is 0 Å². The van der Waals surface area contributed by atoms with Gasteiger partial charge in [-0.15, -0.1) is 0 Å². The van der Waals surface area contributed by atoms with Gasteiger partial charge in [0, 0.05) is 23.9 Å². The summed E-state index contributed by atoms with van der Waals surface area (Å²) in [5, 5.41) is 0. The van der Waals surface area contributed by atoms with Crippen LogP contribution in [0.4, 0.5) is 5.69 Å². The summed E-state index contributed by atoms with van der Waals surface area (Å²) in [6.45, 7) is 0.657. The number of halogens is 1. The van der Waals surface area contributed by atoms with Gasteiger partial charge in [-0.1, -0.05) is 15.9 Å². The summed E-state index contributed by atoms with van der Waals surface area (Å²) in [6, 6.07) is 10.4. The first-order valence-corrected chi connectivity index (χ1v) is 6.60. The molecular formula is C14H13BrN2O. The highest BCUT2D eigenvalue weighted by Crippen LogP contribution is 2.39. The Hall–Kier alpha value is -1.55. The van der Waals surface area contributed by atoms with Crippen LogP contribution in [0.25, 0.3) is 0 Å². The van der Waals surface area contributed by atoms with Crippen LogP contribution in [-0.4, -0.2) is 18.6 Å². The molecular weight excluding hydrogens is 292 g/mol. The summed E-state index contributed by atoms with van der Waals surface area (Å²) in [5.41, 5.74) is 2.34. The molecule has 0 saturated heterocycles. The summed E-state index contributed by atoms with van der Waals surface area (Å²) >= 11 is 3.46. The topological polar surface area (TPSA) is 25.4 Å². The summed E-state index contributed by atoms with van der Waals surface area (Å²) in [5.74, 6) is 0.928. The lowest BCUT2D eigenvalue weighted by molar-refractivity contribution is 0.268. The van der Waals surface area contributed by atoms with Gasteiger partial charge < -0.3 is 9.64 Å². The molecule has 1 atom stereocenters. The lowest BCUT2D eigenvalue weighted by atomic mass is 10.1. The van der Waals surface area contributed by atoms with Gasteiger partial charge in [-0.2, -0.15) is 0 Å². The number of pyridine rings is 1. The molecule has 0 spiro atoms. The molecule has 1 aliphatic rings. The first-order valence-electron chi connectivity index (χ1n) is 5.81. The summed E-state index contributed by atoms with van der Waals surface area (Å²) in [7, 11) is 2.10. The van der Waals surface area contributed by atoms with E-state index in [1.54, 1.807) is 0 Å². The number of fused-ring (bicyclic) bond motifs is 1. The second kappa shape index (κ2) is 4.61. The van der Waals surface area contributed by atoms with Crippen LogP contribution in [0.15, 0.2) is 47.2 Å². The zero-order valence-corrected chi connectivity index (χ0v) is 11.6. The lowest BCUT2D eigenvalue weighted by Crippen LogP contribution is -2.33. The van der Waals surface area contributed by atoms with Crippen LogP contribution in [0.5, 0.6) is 5.75 Å². The van der Waals surface area contributed by atoms with E-state index in [9.17, 15) is 0 Å². The SMILES string of the molecule is CN1c2ccc(Br)cc2OCC1c1ccncc1. The summed E-state index contributed by atoms with van der Waals surface area (Å²) in [4.78, 5) is 6.31. The molecule has 18 heavy (non-hydrogen) atoms.